The van der Waals surface area contributed by atoms with Gasteiger partial charge in [0.1, 0.15) is 0 Å². The molecule has 1 aromatic heterocycles. The number of fused-ring (bicyclic) bond motifs is 2. The van der Waals surface area contributed by atoms with Gasteiger partial charge in [-0.2, -0.15) is 5.26 Å². The van der Waals surface area contributed by atoms with Crippen molar-refractivity contribution in [1.82, 2.24) is 10.3 Å². The summed E-state index contributed by atoms with van der Waals surface area (Å²) >= 11 is 0. The summed E-state index contributed by atoms with van der Waals surface area (Å²) in [7, 11) is 0. The van der Waals surface area contributed by atoms with E-state index in [0.29, 0.717) is 5.56 Å². The van der Waals surface area contributed by atoms with Gasteiger partial charge in [0.2, 0.25) is 0 Å². The highest BCUT2D eigenvalue weighted by Crippen LogP contribution is 2.29. The van der Waals surface area contributed by atoms with Crippen LogP contribution in [0.15, 0.2) is 24.3 Å². The highest BCUT2D eigenvalue weighted by molar-refractivity contribution is 6.05. The van der Waals surface area contributed by atoms with Crippen LogP contribution in [0.2, 0.25) is 0 Å². The minimum atomic E-state index is -0.489. The third-order valence-electron chi connectivity index (χ3n) is 4.52. The predicted molar refractivity (Wildman–Crippen MR) is 96.5 cm³/mol. The van der Waals surface area contributed by atoms with Gasteiger partial charge in [0.05, 0.1) is 23.6 Å². The lowest BCUT2D eigenvalue weighted by Crippen LogP contribution is -2.29. The van der Waals surface area contributed by atoms with Crippen LogP contribution in [0, 0.1) is 11.3 Å². The molecular formula is C20H21N3O3. The summed E-state index contributed by atoms with van der Waals surface area (Å²) < 4.78 is 5.27. The molecule has 0 saturated heterocycles. The molecule has 1 aliphatic carbocycles. The number of para-hydroxylation sites is 1. The van der Waals surface area contributed by atoms with Crippen LogP contribution in [-0.2, 0) is 22.4 Å². The number of pyridine rings is 1. The number of benzene rings is 1. The summed E-state index contributed by atoms with van der Waals surface area (Å²) in [6.07, 6.45) is 5.07. The van der Waals surface area contributed by atoms with E-state index in [-0.39, 0.29) is 19.6 Å². The minimum Gasteiger partial charge on any atom is -0.452 e. The van der Waals surface area contributed by atoms with Gasteiger partial charge < -0.3 is 10.1 Å². The second kappa shape index (κ2) is 8.43. The van der Waals surface area contributed by atoms with Gasteiger partial charge in [0, 0.05) is 17.6 Å². The summed E-state index contributed by atoms with van der Waals surface area (Å²) in [6.45, 7) is -0.101. The molecule has 134 valence electrons. The van der Waals surface area contributed by atoms with Crippen LogP contribution in [0.3, 0.4) is 0 Å². The molecule has 0 atom stereocenters. The Morgan fingerprint density at radius 1 is 1.19 bits per heavy atom. The van der Waals surface area contributed by atoms with Crippen molar-refractivity contribution in [3.8, 4) is 6.07 Å². The minimum absolute atomic E-state index is 0.224. The van der Waals surface area contributed by atoms with Gasteiger partial charge in [-0.15, -0.1) is 0 Å². The van der Waals surface area contributed by atoms with Crippen LogP contribution in [0.1, 0.15) is 47.3 Å². The summed E-state index contributed by atoms with van der Waals surface area (Å²) in [5, 5.41) is 11.8. The first-order valence-electron chi connectivity index (χ1n) is 8.92. The molecule has 1 aliphatic rings. The molecule has 3 rings (SSSR count). The summed E-state index contributed by atoms with van der Waals surface area (Å²) in [4.78, 5) is 29.3. The number of esters is 1. The molecular weight excluding hydrogens is 330 g/mol. The Balaban J connectivity index is 1.86. The van der Waals surface area contributed by atoms with E-state index in [0.717, 1.165) is 54.3 Å². The maximum atomic E-state index is 12.8. The number of nitriles is 1. The first-order chi connectivity index (χ1) is 12.7. The molecule has 26 heavy (non-hydrogen) atoms. The number of carbonyl (C=O) groups is 2. The van der Waals surface area contributed by atoms with E-state index in [9.17, 15) is 9.59 Å². The highest BCUT2D eigenvalue weighted by Gasteiger charge is 2.23. The molecule has 0 saturated carbocycles. The van der Waals surface area contributed by atoms with Crippen molar-refractivity contribution < 1.29 is 14.3 Å². The van der Waals surface area contributed by atoms with E-state index in [1.165, 1.54) is 0 Å². The normalized spacial score (nSPS) is 13.3. The zero-order valence-corrected chi connectivity index (χ0v) is 14.6. The Hall–Kier alpha value is -2.94. The van der Waals surface area contributed by atoms with Gasteiger partial charge in [-0.25, -0.2) is 4.79 Å². The molecule has 0 fully saturated rings. The Bertz CT molecular complexity index is 870. The molecule has 0 bridgehead atoms. The number of aryl methyl sites for hydroxylation is 1. The number of hydrogen-bond donors (Lipinski definition) is 1. The first kappa shape index (κ1) is 17.9. The largest absolute Gasteiger partial charge is 0.452 e. The number of rotatable bonds is 5. The lowest BCUT2D eigenvalue weighted by Gasteiger charge is -2.14. The number of carbonyl (C=O) groups excluding carboxylic acids is 2. The maximum absolute atomic E-state index is 12.8. The lowest BCUT2D eigenvalue weighted by molar-refractivity contribution is -0.124. The van der Waals surface area contributed by atoms with E-state index < -0.39 is 11.9 Å². The highest BCUT2D eigenvalue weighted by atomic mass is 16.5. The number of hydrogen-bond acceptors (Lipinski definition) is 5. The topological polar surface area (TPSA) is 92.1 Å². The first-order valence-corrected chi connectivity index (χ1v) is 8.92. The van der Waals surface area contributed by atoms with E-state index in [1.54, 1.807) is 0 Å². The predicted octanol–water partition coefficient (Wildman–Crippen LogP) is 2.69. The van der Waals surface area contributed by atoms with E-state index in [1.807, 2.05) is 30.3 Å². The summed E-state index contributed by atoms with van der Waals surface area (Å²) in [5.74, 6) is -0.893. The van der Waals surface area contributed by atoms with Crippen LogP contribution in [0.5, 0.6) is 0 Å². The van der Waals surface area contributed by atoms with E-state index in [2.05, 4.69) is 5.32 Å². The number of amides is 1. The second-order valence-electron chi connectivity index (χ2n) is 6.32. The SMILES string of the molecule is N#CCCNC(=O)COC(=O)c1c2c(nc3ccccc13)CCCCC2. The molecule has 1 N–H and O–H groups in total. The monoisotopic (exact) mass is 351 g/mol. The van der Waals surface area contributed by atoms with Crippen molar-refractivity contribution in [3.63, 3.8) is 0 Å². The molecule has 0 aliphatic heterocycles. The van der Waals surface area contributed by atoms with E-state index >= 15 is 0 Å². The van der Waals surface area contributed by atoms with Crippen LogP contribution in [0.25, 0.3) is 10.9 Å². The third-order valence-corrected chi connectivity index (χ3v) is 4.52. The van der Waals surface area contributed by atoms with Crippen molar-refractivity contribution in [2.45, 2.75) is 38.5 Å². The van der Waals surface area contributed by atoms with Gasteiger partial charge >= 0.3 is 5.97 Å². The number of nitrogens with zero attached hydrogens (tertiary/aromatic N) is 2. The molecule has 1 amide bonds. The van der Waals surface area contributed by atoms with Crippen LogP contribution in [0.4, 0.5) is 0 Å². The Morgan fingerprint density at radius 3 is 2.85 bits per heavy atom. The molecule has 1 aromatic carbocycles. The molecule has 0 radical (unpaired) electrons. The number of nitrogens with one attached hydrogen (secondary N) is 1. The fourth-order valence-corrected chi connectivity index (χ4v) is 3.29. The molecule has 2 aromatic rings. The lowest BCUT2D eigenvalue weighted by atomic mass is 9.97. The van der Waals surface area contributed by atoms with E-state index in [4.69, 9.17) is 15.0 Å². The maximum Gasteiger partial charge on any atom is 0.339 e. The zero-order valence-electron chi connectivity index (χ0n) is 14.6. The standard InChI is InChI=1S/C20H21N3O3/c21-11-6-12-22-18(24)13-26-20(25)19-14-7-2-1-3-9-16(14)23-17-10-5-4-8-15(17)19/h4-5,8,10H,1-3,6-7,9,12-13H2,(H,22,24). The smallest absolute Gasteiger partial charge is 0.339 e. The van der Waals surface area contributed by atoms with Crippen LogP contribution >= 0.6 is 0 Å². The average molecular weight is 351 g/mol. The fourth-order valence-electron chi connectivity index (χ4n) is 3.29. The van der Waals surface area contributed by atoms with Gasteiger partial charge in [-0.1, -0.05) is 24.6 Å². The Labute approximate surface area is 152 Å². The fraction of sp³-hybridized carbons (Fsp3) is 0.400. The van der Waals surface area contributed by atoms with Gasteiger partial charge in [0.15, 0.2) is 6.61 Å². The van der Waals surface area contributed by atoms with Crippen LogP contribution in [-0.4, -0.2) is 30.0 Å². The zero-order chi connectivity index (χ0) is 18.4. The molecule has 0 spiro atoms. The Morgan fingerprint density at radius 2 is 2.00 bits per heavy atom. The van der Waals surface area contributed by atoms with Crippen molar-refractivity contribution in [2.75, 3.05) is 13.2 Å². The average Bonchev–Trinajstić information content (AvgIpc) is 2.89. The summed E-state index contributed by atoms with van der Waals surface area (Å²) in [5.41, 5.74) is 3.23. The molecule has 6 heteroatoms. The molecule has 6 nitrogen and oxygen atoms in total. The number of ether oxygens (including phenoxy) is 1. The van der Waals surface area contributed by atoms with Crippen molar-refractivity contribution >= 4 is 22.8 Å². The summed E-state index contributed by atoms with van der Waals surface area (Å²) in [6, 6.07) is 9.48. The molecule has 1 heterocycles. The van der Waals surface area contributed by atoms with Gasteiger partial charge in [-0.3, -0.25) is 9.78 Å². The second-order valence-corrected chi connectivity index (χ2v) is 6.32. The van der Waals surface area contributed by atoms with Crippen LogP contribution < -0.4 is 5.32 Å². The third kappa shape index (κ3) is 3.99. The van der Waals surface area contributed by atoms with Gasteiger partial charge in [0.25, 0.3) is 5.91 Å². The Kier molecular flexibility index (Phi) is 5.80. The van der Waals surface area contributed by atoms with Crippen molar-refractivity contribution in [1.29, 1.82) is 5.26 Å². The number of aromatic nitrogens is 1. The van der Waals surface area contributed by atoms with Crippen molar-refractivity contribution in [2.24, 2.45) is 0 Å². The quantitative estimate of drug-likeness (QED) is 0.508. The molecule has 0 unspecified atom stereocenters. The van der Waals surface area contributed by atoms with Crippen molar-refractivity contribution in [3.05, 3.63) is 41.1 Å². The van der Waals surface area contributed by atoms with Gasteiger partial charge in [-0.05, 0) is 37.3 Å².